The molecule has 0 heterocycles. The fourth-order valence-electron chi connectivity index (χ4n) is 2.06. The molecule has 0 aliphatic carbocycles. The second kappa shape index (κ2) is 6.35. The Morgan fingerprint density at radius 3 is 2.17 bits per heavy atom. The molecule has 1 rings (SSSR count). The van der Waals surface area contributed by atoms with E-state index in [0.29, 0.717) is 5.92 Å². The van der Waals surface area contributed by atoms with Crippen molar-refractivity contribution in [3.8, 4) is 0 Å². The number of nitrogens with zero attached hydrogens (tertiary/aromatic N) is 1. The van der Waals surface area contributed by atoms with Crippen molar-refractivity contribution in [3.05, 3.63) is 35.4 Å². The SMILES string of the molecule is CNCC(C)(C)N(C)Cc1ccc(C(C)C)cc1. The minimum atomic E-state index is 0.172. The van der Waals surface area contributed by atoms with Gasteiger partial charge in [-0.1, -0.05) is 38.1 Å². The second-order valence-corrected chi connectivity index (χ2v) is 6.10. The molecule has 0 atom stereocenters. The minimum absolute atomic E-state index is 0.172. The first-order valence-electron chi connectivity index (χ1n) is 6.81. The highest BCUT2D eigenvalue weighted by molar-refractivity contribution is 5.24. The molecule has 102 valence electrons. The number of likely N-dealkylation sites (N-methyl/N-ethyl adjacent to an activating group) is 2. The van der Waals surface area contributed by atoms with Crippen LogP contribution in [0.15, 0.2) is 24.3 Å². The van der Waals surface area contributed by atoms with Crippen LogP contribution in [0.4, 0.5) is 0 Å². The van der Waals surface area contributed by atoms with Crippen LogP contribution < -0.4 is 5.32 Å². The van der Waals surface area contributed by atoms with Crippen molar-refractivity contribution in [1.29, 1.82) is 0 Å². The van der Waals surface area contributed by atoms with Gasteiger partial charge >= 0.3 is 0 Å². The Labute approximate surface area is 112 Å². The maximum Gasteiger partial charge on any atom is 0.0278 e. The molecule has 2 heteroatoms. The quantitative estimate of drug-likeness (QED) is 0.831. The molecule has 0 spiro atoms. The Bertz CT molecular complexity index is 352. The number of rotatable bonds is 6. The lowest BCUT2D eigenvalue weighted by Gasteiger charge is -2.35. The van der Waals surface area contributed by atoms with E-state index in [4.69, 9.17) is 0 Å². The maximum absolute atomic E-state index is 3.26. The van der Waals surface area contributed by atoms with E-state index in [2.05, 4.69) is 69.2 Å². The number of hydrogen-bond donors (Lipinski definition) is 1. The van der Waals surface area contributed by atoms with E-state index in [1.807, 2.05) is 7.05 Å². The molecule has 0 aliphatic rings. The first-order chi connectivity index (χ1) is 8.36. The molecule has 1 N–H and O–H groups in total. The van der Waals surface area contributed by atoms with Gasteiger partial charge in [0, 0.05) is 18.6 Å². The summed E-state index contributed by atoms with van der Waals surface area (Å²) in [5.41, 5.74) is 2.97. The predicted octanol–water partition coefficient (Wildman–Crippen LogP) is 3.24. The van der Waals surface area contributed by atoms with Crippen LogP contribution in [0.3, 0.4) is 0 Å². The van der Waals surface area contributed by atoms with Crippen LogP contribution in [0.5, 0.6) is 0 Å². The Hall–Kier alpha value is -0.860. The maximum atomic E-state index is 3.26. The van der Waals surface area contributed by atoms with Gasteiger partial charge in [-0.3, -0.25) is 4.90 Å². The van der Waals surface area contributed by atoms with E-state index < -0.39 is 0 Å². The summed E-state index contributed by atoms with van der Waals surface area (Å²) in [5.74, 6) is 0.609. The van der Waals surface area contributed by atoms with Crippen molar-refractivity contribution in [1.82, 2.24) is 10.2 Å². The summed E-state index contributed by atoms with van der Waals surface area (Å²) >= 11 is 0. The number of nitrogens with one attached hydrogen (secondary N) is 1. The summed E-state index contributed by atoms with van der Waals surface area (Å²) < 4.78 is 0. The summed E-state index contributed by atoms with van der Waals surface area (Å²) in [7, 11) is 4.20. The van der Waals surface area contributed by atoms with Crippen LogP contribution in [-0.4, -0.2) is 31.1 Å². The molecule has 0 aliphatic heterocycles. The minimum Gasteiger partial charge on any atom is -0.318 e. The average molecular weight is 248 g/mol. The van der Waals surface area contributed by atoms with Crippen LogP contribution in [0.25, 0.3) is 0 Å². The van der Waals surface area contributed by atoms with Crippen molar-refractivity contribution in [2.75, 3.05) is 20.6 Å². The molecule has 1 aromatic rings. The van der Waals surface area contributed by atoms with Crippen molar-refractivity contribution in [2.24, 2.45) is 0 Å². The van der Waals surface area contributed by atoms with E-state index >= 15 is 0 Å². The van der Waals surface area contributed by atoms with Crippen LogP contribution in [0.1, 0.15) is 44.7 Å². The second-order valence-electron chi connectivity index (χ2n) is 6.10. The summed E-state index contributed by atoms with van der Waals surface area (Å²) in [5, 5.41) is 3.26. The summed E-state index contributed by atoms with van der Waals surface area (Å²) in [4.78, 5) is 2.40. The first kappa shape index (κ1) is 15.2. The standard InChI is InChI=1S/C16H28N2/c1-13(2)15-9-7-14(8-10-15)11-18(6)16(3,4)12-17-5/h7-10,13,17H,11-12H2,1-6H3. The largest absolute Gasteiger partial charge is 0.318 e. The van der Waals surface area contributed by atoms with Gasteiger partial charge in [-0.2, -0.15) is 0 Å². The van der Waals surface area contributed by atoms with E-state index in [0.717, 1.165) is 13.1 Å². The molecular formula is C16H28N2. The van der Waals surface area contributed by atoms with Gasteiger partial charge in [0.2, 0.25) is 0 Å². The van der Waals surface area contributed by atoms with Gasteiger partial charge in [0.05, 0.1) is 0 Å². The molecule has 0 amide bonds. The first-order valence-corrected chi connectivity index (χ1v) is 6.81. The molecule has 0 unspecified atom stereocenters. The fraction of sp³-hybridized carbons (Fsp3) is 0.625. The van der Waals surface area contributed by atoms with Crippen LogP contribution in [-0.2, 0) is 6.54 Å². The number of benzene rings is 1. The van der Waals surface area contributed by atoms with Gasteiger partial charge in [-0.05, 0) is 45.0 Å². The molecule has 0 saturated heterocycles. The molecule has 18 heavy (non-hydrogen) atoms. The third-order valence-electron chi connectivity index (χ3n) is 3.71. The van der Waals surface area contributed by atoms with Crippen LogP contribution in [0, 0.1) is 0 Å². The molecule has 0 bridgehead atoms. The fourth-order valence-corrected chi connectivity index (χ4v) is 2.06. The van der Waals surface area contributed by atoms with Crippen molar-refractivity contribution in [3.63, 3.8) is 0 Å². The van der Waals surface area contributed by atoms with Gasteiger partial charge < -0.3 is 5.32 Å². The summed E-state index contributed by atoms with van der Waals surface area (Å²) in [6, 6.07) is 9.00. The zero-order valence-corrected chi connectivity index (χ0v) is 12.7. The van der Waals surface area contributed by atoms with Gasteiger partial charge in [0.25, 0.3) is 0 Å². The lowest BCUT2D eigenvalue weighted by molar-refractivity contribution is 0.147. The van der Waals surface area contributed by atoms with Crippen molar-refractivity contribution >= 4 is 0 Å². The van der Waals surface area contributed by atoms with Gasteiger partial charge in [0.15, 0.2) is 0 Å². The zero-order chi connectivity index (χ0) is 13.8. The molecule has 2 nitrogen and oxygen atoms in total. The third kappa shape index (κ3) is 4.11. The Balaban J connectivity index is 2.67. The van der Waals surface area contributed by atoms with Gasteiger partial charge in [-0.15, -0.1) is 0 Å². The molecular weight excluding hydrogens is 220 g/mol. The Morgan fingerprint density at radius 1 is 1.17 bits per heavy atom. The van der Waals surface area contributed by atoms with Gasteiger partial charge in [-0.25, -0.2) is 0 Å². The lowest BCUT2D eigenvalue weighted by atomic mass is 10.00. The molecule has 1 aromatic carbocycles. The van der Waals surface area contributed by atoms with Crippen molar-refractivity contribution in [2.45, 2.75) is 45.7 Å². The highest BCUT2D eigenvalue weighted by Crippen LogP contribution is 2.18. The highest BCUT2D eigenvalue weighted by atomic mass is 15.2. The van der Waals surface area contributed by atoms with E-state index in [-0.39, 0.29) is 5.54 Å². The number of hydrogen-bond acceptors (Lipinski definition) is 2. The topological polar surface area (TPSA) is 15.3 Å². The summed E-state index contributed by atoms with van der Waals surface area (Å²) in [6.07, 6.45) is 0. The highest BCUT2D eigenvalue weighted by Gasteiger charge is 2.22. The average Bonchev–Trinajstić information content (AvgIpc) is 2.29. The summed E-state index contributed by atoms with van der Waals surface area (Å²) in [6.45, 7) is 11.0. The third-order valence-corrected chi connectivity index (χ3v) is 3.71. The molecule has 0 radical (unpaired) electrons. The zero-order valence-electron chi connectivity index (χ0n) is 12.7. The van der Waals surface area contributed by atoms with Crippen molar-refractivity contribution < 1.29 is 0 Å². The van der Waals surface area contributed by atoms with Crippen LogP contribution in [0.2, 0.25) is 0 Å². The van der Waals surface area contributed by atoms with Gasteiger partial charge in [0.1, 0.15) is 0 Å². The smallest absolute Gasteiger partial charge is 0.0278 e. The Morgan fingerprint density at radius 2 is 1.72 bits per heavy atom. The monoisotopic (exact) mass is 248 g/mol. The normalized spacial score (nSPS) is 12.4. The molecule has 0 fully saturated rings. The lowest BCUT2D eigenvalue weighted by Crippen LogP contribution is -2.47. The predicted molar refractivity (Wildman–Crippen MR) is 80.0 cm³/mol. The van der Waals surface area contributed by atoms with E-state index in [9.17, 15) is 0 Å². The van der Waals surface area contributed by atoms with E-state index in [1.54, 1.807) is 0 Å². The van der Waals surface area contributed by atoms with E-state index in [1.165, 1.54) is 11.1 Å². The Kier molecular flexibility index (Phi) is 5.36. The van der Waals surface area contributed by atoms with Crippen LogP contribution >= 0.6 is 0 Å². The molecule has 0 aromatic heterocycles. The molecule has 0 saturated carbocycles.